The molecular formula is C25H35IN4O. The molecule has 0 bridgehead atoms. The molecule has 0 saturated heterocycles. The molecule has 2 N–H and O–H groups in total. The number of fused-ring (bicyclic) bond motifs is 1. The number of nitrogens with zero attached hydrogens (tertiary/aromatic N) is 2. The molecule has 4 rings (SSSR count). The zero-order valence-electron chi connectivity index (χ0n) is 18.9. The minimum Gasteiger partial charge on any atom is -0.487 e. The van der Waals surface area contributed by atoms with Crippen molar-refractivity contribution in [2.45, 2.75) is 56.8 Å². The smallest absolute Gasteiger partial charge is 0.191 e. The predicted molar refractivity (Wildman–Crippen MR) is 138 cm³/mol. The van der Waals surface area contributed by atoms with Crippen molar-refractivity contribution in [1.82, 2.24) is 15.5 Å². The summed E-state index contributed by atoms with van der Waals surface area (Å²) in [6.45, 7) is 1.68. The van der Waals surface area contributed by atoms with E-state index in [4.69, 9.17) is 4.74 Å². The third kappa shape index (κ3) is 5.71. The van der Waals surface area contributed by atoms with Crippen molar-refractivity contribution in [1.29, 1.82) is 0 Å². The lowest BCUT2D eigenvalue weighted by Gasteiger charge is -2.40. The van der Waals surface area contributed by atoms with Crippen LogP contribution in [-0.2, 0) is 13.1 Å². The number of aliphatic imine (C=N–C) groups is 1. The first-order valence-electron chi connectivity index (χ1n) is 11.1. The molecule has 2 aromatic carbocycles. The van der Waals surface area contributed by atoms with Crippen LogP contribution in [-0.4, -0.2) is 37.6 Å². The lowest BCUT2D eigenvalue weighted by molar-refractivity contribution is 0.0396. The number of halogens is 1. The first-order valence-corrected chi connectivity index (χ1v) is 11.1. The van der Waals surface area contributed by atoms with Crippen LogP contribution in [0.2, 0.25) is 0 Å². The minimum atomic E-state index is -0.0246. The maximum Gasteiger partial charge on any atom is 0.191 e. The van der Waals surface area contributed by atoms with Crippen molar-refractivity contribution >= 4 is 29.9 Å². The normalized spacial score (nSPS) is 19.5. The highest BCUT2D eigenvalue weighted by atomic mass is 127. The molecule has 2 aromatic rings. The predicted octanol–water partition coefficient (Wildman–Crippen LogP) is 4.87. The Labute approximate surface area is 203 Å². The summed E-state index contributed by atoms with van der Waals surface area (Å²) < 4.78 is 6.50. The van der Waals surface area contributed by atoms with Crippen LogP contribution in [0.1, 0.15) is 54.8 Å². The second-order valence-corrected chi connectivity index (χ2v) is 8.86. The van der Waals surface area contributed by atoms with Gasteiger partial charge >= 0.3 is 0 Å². The fraction of sp³-hybridized carbons (Fsp3) is 0.480. The number of benzene rings is 2. The molecule has 1 saturated carbocycles. The van der Waals surface area contributed by atoms with Gasteiger partial charge in [0.05, 0.1) is 6.04 Å². The summed E-state index contributed by atoms with van der Waals surface area (Å²) in [4.78, 5) is 6.72. The van der Waals surface area contributed by atoms with Crippen LogP contribution in [0.4, 0.5) is 0 Å². The van der Waals surface area contributed by atoms with Gasteiger partial charge in [-0.05, 0) is 57.0 Å². The summed E-state index contributed by atoms with van der Waals surface area (Å²) in [6, 6.07) is 17.3. The van der Waals surface area contributed by atoms with Crippen molar-refractivity contribution in [3.63, 3.8) is 0 Å². The number of hydrogen-bond acceptors (Lipinski definition) is 3. The first-order chi connectivity index (χ1) is 14.6. The van der Waals surface area contributed by atoms with Crippen molar-refractivity contribution in [2.75, 3.05) is 21.1 Å². The SMILES string of the molecule is CN=C(NCc1ccccc1CN(C)C)NC1CC2(CCCC2)Oc2ccccc21.I. The molecule has 168 valence electrons. The number of nitrogens with one attached hydrogen (secondary N) is 2. The zero-order valence-corrected chi connectivity index (χ0v) is 21.2. The molecule has 1 aliphatic carbocycles. The monoisotopic (exact) mass is 534 g/mol. The molecule has 1 unspecified atom stereocenters. The van der Waals surface area contributed by atoms with E-state index in [0.717, 1.165) is 44.1 Å². The van der Waals surface area contributed by atoms with Crippen LogP contribution >= 0.6 is 24.0 Å². The highest BCUT2D eigenvalue weighted by Gasteiger charge is 2.43. The molecular weight excluding hydrogens is 499 g/mol. The third-order valence-electron chi connectivity index (χ3n) is 6.30. The van der Waals surface area contributed by atoms with Crippen LogP contribution in [0.3, 0.4) is 0 Å². The van der Waals surface area contributed by atoms with E-state index >= 15 is 0 Å². The van der Waals surface area contributed by atoms with E-state index in [1.165, 1.54) is 29.5 Å². The van der Waals surface area contributed by atoms with Crippen molar-refractivity contribution < 1.29 is 4.74 Å². The Morgan fingerprint density at radius 2 is 1.74 bits per heavy atom. The Bertz CT molecular complexity index is 893. The summed E-state index contributed by atoms with van der Waals surface area (Å²) in [5, 5.41) is 7.23. The fourth-order valence-electron chi connectivity index (χ4n) is 4.84. The van der Waals surface area contributed by atoms with Gasteiger partial charge in [0.25, 0.3) is 0 Å². The Morgan fingerprint density at radius 1 is 1.06 bits per heavy atom. The molecule has 0 aromatic heterocycles. The van der Waals surface area contributed by atoms with Crippen molar-refractivity contribution in [2.24, 2.45) is 4.99 Å². The molecule has 1 fully saturated rings. The van der Waals surface area contributed by atoms with Gasteiger partial charge in [-0.1, -0.05) is 42.5 Å². The van der Waals surface area contributed by atoms with Gasteiger partial charge in [0.1, 0.15) is 11.4 Å². The summed E-state index contributed by atoms with van der Waals surface area (Å²) >= 11 is 0. The average molecular weight is 534 g/mol. The molecule has 6 heteroatoms. The van der Waals surface area contributed by atoms with Gasteiger partial charge < -0.3 is 20.3 Å². The topological polar surface area (TPSA) is 48.9 Å². The third-order valence-corrected chi connectivity index (χ3v) is 6.30. The average Bonchev–Trinajstić information content (AvgIpc) is 3.18. The second kappa shape index (κ2) is 10.7. The number of rotatable bonds is 5. The summed E-state index contributed by atoms with van der Waals surface area (Å²) in [6.07, 6.45) is 5.78. The van der Waals surface area contributed by atoms with Gasteiger partial charge in [0, 0.05) is 32.1 Å². The van der Waals surface area contributed by atoms with E-state index in [2.05, 4.69) is 83.2 Å². The number of guanidine groups is 1. The van der Waals surface area contributed by atoms with E-state index in [9.17, 15) is 0 Å². The Hall–Kier alpha value is -1.80. The van der Waals surface area contributed by atoms with Crippen molar-refractivity contribution in [3.8, 4) is 5.75 Å². The number of para-hydroxylation sites is 1. The van der Waals surface area contributed by atoms with Gasteiger partial charge in [-0.25, -0.2) is 0 Å². The number of hydrogen-bond donors (Lipinski definition) is 2. The van der Waals surface area contributed by atoms with E-state index in [0.29, 0.717) is 0 Å². The molecule has 31 heavy (non-hydrogen) atoms. The largest absolute Gasteiger partial charge is 0.487 e. The lowest BCUT2D eigenvalue weighted by Crippen LogP contribution is -2.46. The van der Waals surface area contributed by atoms with E-state index < -0.39 is 0 Å². The van der Waals surface area contributed by atoms with Gasteiger partial charge in [-0.3, -0.25) is 4.99 Å². The highest BCUT2D eigenvalue weighted by Crippen LogP contribution is 2.46. The van der Waals surface area contributed by atoms with E-state index in [-0.39, 0.29) is 35.6 Å². The van der Waals surface area contributed by atoms with E-state index in [1.807, 2.05) is 7.05 Å². The summed E-state index contributed by atoms with van der Waals surface area (Å²) in [5.41, 5.74) is 3.84. The van der Waals surface area contributed by atoms with Crippen LogP contribution in [0, 0.1) is 0 Å². The van der Waals surface area contributed by atoms with Crippen LogP contribution in [0.25, 0.3) is 0 Å². The molecule has 1 spiro atoms. The summed E-state index contributed by atoms with van der Waals surface area (Å²) in [7, 11) is 6.05. The Morgan fingerprint density at radius 3 is 2.45 bits per heavy atom. The Kier molecular flexibility index (Phi) is 8.22. The fourth-order valence-corrected chi connectivity index (χ4v) is 4.84. The van der Waals surface area contributed by atoms with Crippen LogP contribution < -0.4 is 15.4 Å². The maximum absolute atomic E-state index is 6.50. The lowest BCUT2D eigenvalue weighted by atomic mass is 9.86. The Balaban J connectivity index is 0.00000272. The van der Waals surface area contributed by atoms with E-state index in [1.54, 1.807) is 0 Å². The molecule has 0 amide bonds. The maximum atomic E-state index is 6.50. The van der Waals surface area contributed by atoms with Crippen LogP contribution in [0.15, 0.2) is 53.5 Å². The van der Waals surface area contributed by atoms with Crippen LogP contribution in [0.5, 0.6) is 5.75 Å². The molecule has 2 aliphatic rings. The van der Waals surface area contributed by atoms with Gasteiger partial charge in [-0.15, -0.1) is 24.0 Å². The van der Waals surface area contributed by atoms with Gasteiger partial charge in [0.2, 0.25) is 0 Å². The second-order valence-electron chi connectivity index (χ2n) is 8.86. The minimum absolute atomic E-state index is 0. The molecule has 0 radical (unpaired) electrons. The molecule has 1 aliphatic heterocycles. The quantitative estimate of drug-likeness (QED) is 0.327. The number of ether oxygens (including phenoxy) is 1. The van der Waals surface area contributed by atoms with Gasteiger partial charge in [-0.2, -0.15) is 0 Å². The molecule has 1 heterocycles. The standard InChI is InChI=1S/C25H34N4O.HI/c1-26-24(27-17-19-10-4-5-11-20(19)18-29(2)3)28-22-16-25(14-8-9-15-25)30-23-13-7-6-12-21(22)23;/h4-7,10-13,22H,8-9,14-18H2,1-3H3,(H2,26,27,28);1H. The van der Waals surface area contributed by atoms with Gasteiger partial charge in [0.15, 0.2) is 5.96 Å². The summed E-state index contributed by atoms with van der Waals surface area (Å²) in [5.74, 6) is 1.86. The van der Waals surface area contributed by atoms with Crippen molar-refractivity contribution in [3.05, 3.63) is 65.2 Å². The zero-order chi connectivity index (χ0) is 21.0. The molecule has 5 nitrogen and oxygen atoms in total. The highest BCUT2D eigenvalue weighted by molar-refractivity contribution is 14.0. The first kappa shape index (κ1) is 23.9. The molecule has 1 atom stereocenters.